The van der Waals surface area contributed by atoms with Gasteiger partial charge in [0.25, 0.3) is 0 Å². The second-order valence-electron chi connectivity index (χ2n) is 4.49. The Morgan fingerprint density at radius 3 is 2.89 bits per heavy atom. The number of rotatable bonds is 3. The fraction of sp³-hybridized carbons (Fsp3) is 0.429. The average molecular weight is 246 g/mol. The van der Waals surface area contributed by atoms with Gasteiger partial charge < -0.3 is 9.64 Å². The molecule has 18 heavy (non-hydrogen) atoms. The summed E-state index contributed by atoms with van der Waals surface area (Å²) in [6.45, 7) is 6.96. The lowest BCUT2D eigenvalue weighted by atomic mass is 10.1. The van der Waals surface area contributed by atoms with Crippen LogP contribution in [0.1, 0.15) is 18.4 Å². The summed E-state index contributed by atoms with van der Waals surface area (Å²) in [7, 11) is 0. The van der Waals surface area contributed by atoms with Gasteiger partial charge in [-0.3, -0.25) is 9.78 Å². The molecule has 4 heteroatoms. The predicted molar refractivity (Wildman–Crippen MR) is 69.4 cm³/mol. The number of aromatic nitrogens is 1. The number of hydrogen-bond acceptors (Lipinski definition) is 3. The van der Waals surface area contributed by atoms with Gasteiger partial charge >= 0.3 is 0 Å². The summed E-state index contributed by atoms with van der Waals surface area (Å²) in [6, 6.07) is 1.89. The van der Waals surface area contributed by atoms with Gasteiger partial charge in [0.15, 0.2) is 0 Å². The third-order valence-electron chi connectivity index (χ3n) is 3.19. The van der Waals surface area contributed by atoms with Crippen molar-refractivity contribution >= 4 is 5.91 Å². The third kappa shape index (κ3) is 2.88. The Morgan fingerprint density at radius 2 is 2.28 bits per heavy atom. The lowest BCUT2D eigenvalue weighted by Gasteiger charge is -2.31. The number of ether oxygens (including phenoxy) is 1. The van der Waals surface area contributed by atoms with Crippen LogP contribution < -0.4 is 4.74 Å². The minimum Gasteiger partial charge on any atom is -0.490 e. The molecule has 1 aliphatic rings. The van der Waals surface area contributed by atoms with Gasteiger partial charge in [0.05, 0.1) is 0 Å². The number of carbonyl (C=O) groups is 1. The normalized spacial score (nSPS) is 16.4. The quantitative estimate of drug-likeness (QED) is 0.765. The first-order valence-corrected chi connectivity index (χ1v) is 6.19. The Labute approximate surface area is 107 Å². The van der Waals surface area contributed by atoms with Gasteiger partial charge in [0.2, 0.25) is 5.91 Å². The van der Waals surface area contributed by atoms with Gasteiger partial charge in [-0.2, -0.15) is 0 Å². The molecule has 1 saturated heterocycles. The molecule has 2 rings (SSSR count). The van der Waals surface area contributed by atoms with E-state index in [1.807, 2.05) is 17.9 Å². The number of pyridine rings is 1. The van der Waals surface area contributed by atoms with Gasteiger partial charge in [-0.25, -0.2) is 0 Å². The molecule has 1 aliphatic heterocycles. The number of aryl methyl sites for hydroxylation is 1. The average Bonchev–Trinajstić information content (AvgIpc) is 2.41. The summed E-state index contributed by atoms with van der Waals surface area (Å²) in [5, 5.41) is 0. The summed E-state index contributed by atoms with van der Waals surface area (Å²) in [6.07, 6.45) is 6.81. The molecule has 1 aromatic heterocycles. The molecule has 0 aromatic carbocycles. The maximum absolute atomic E-state index is 11.4. The van der Waals surface area contributed by atoms with E-state index in [2.05, 4.69) is 11.6 Å². The molecule has 0 N–H and O–H groups in total. The molecule has 1 fully saturated rings. The van der Waals surface area contributed by atoms with Crippen molar-refractivity contribution in [3.63, 3.8) is 0 Å². The van der Waals surface area contributed by atoms with Crippen LogP contribution in [0.4, 0.5) is 0 Å². The van der Waals surface area contributed by atoms with E-state index in [0.717, 1.165) is 37.2 Å². The van der Waals surface area contributed by atoms with Gasteiger partial charge in [-0.1, -0.05) is 6.58 Å². The Hall–Kier alpha value is -1.84. The van der Waals surface area contributed by atoms with E-state index in [1.165, 1.54) is 6.08 Å². The summed E-state index contributed by atoms with van der Waals surface area (Å²) in [5.41, 5.74) is 1.04. The van der Waals surface area contributed by atoms with Crippen LogP contribution in [-0.4, -0.2) is 35.0 Å². The monoisotopic (exact) mass is 246 g/mol. The zero-order chi connectivity index (χ0) is 13.0. The van der Waals surface area contributed by atoms with Crippen LogP contribution in [0, 0.1) is 6.92 Å². The molecule has 0 saturated carbocycles. The Kier molecular flexibility index (Phi) is 3.97. The van der Waals surface area contributed by atoms with Crippen LogP contribution in [0.2, 0.25) is 0 Å². The van der Waals surface area contributed by atoms with E-state index in [1.54, 1.807) is 12.4 Å². The SMILES string of the molecule is C=CC(=O)N1CCC(Oc2ccncc2C)CC1. The van der Waals surface area contributed by atoms with Crippen LogP contribution >= 0.6 is 0 Å². The number of carbonyl (C=O) groups excluding carboxylic acids is 1. The number of likely N-dealkylation sites (tertiary alicyclic amines) is 1. The fourth-order valence-electron chi connectivity index (χ4n) is 2.10. The van der Waals surface area contributed by atoms with Crippen molar-refractivity contribution in [3.05, 3.63) is 36.7 Å². The van der Waals surface area contributed by atoms with E-state index < -0.39 is 0 Å². The predicted octanol–water partition coefficient (Wildman–Crippen LogP) is 1.95. The molecule has 0 spiro atoms. The van der Waals surface area contributed by atoms with Crippen LogP contribution in [0.15, 0.2) is 31.1 Å². The fourth-order valence-corrected chi connectivity index (χ4v) is 2.10. The van der Waals surface area contributed by atoms with Crippen LogP contribution in [-0.2, 0) is 4.79 Å². The van der Waals surface area contributed by atoms with E-state index in [4.69, 9.17) is 4.74 Å². The first-order chi connectivity index (χ1) is 8.70. The van der Waals surface area contributed by atoms with Crippen molar-refractivity contribution < 1.29 is 9.53 Å². The van der Waals surface area contributed by atoms with Gasteiger partial charge in [0.1, 0.15) is 11.9 Å². The lowest BCUT2D eigenvalue weighted by Crippen LogP contribution is -2.41. The summed E-state index contributed by atoms with van der Waals surface area (Å²) in [4.78, 5) is 17.3. The van der Waals surface area contributed by atoms with Crippen molar-refractivity contribution in [2.45, 2.75) is 25.9 Å². The molecule has 1 aromatic rings. The molecule has 0 atom stereocenters. The first kappa shape index (κ1) is 12.6. The topological polar surface area (TPSA) is 42.4 Å². The van der Waals surface area contributed by atoms with Crippen molar-refractivity contribution in [3.8, 4) is 5.75 Å². The number of amides is 1. The minimum absolute atomic E-state index is 0.00791. The number of piperidine rings is 1. The van der Waals surface area contributed by atoms with Crippen molar-refractivity contribution in [1.29, 1.82) is 0 Å². The minimum atomic E-state index is 0.00791. The van der Waals surface area contributed by atoms with E-state index in [-0.39, 0.29) is 12.0 Å². The van der Waals surface area contributed by atoms with Gasteiger partial charge in [-0.15, -0.1) is 0 Å². The molecule has 0 radical (unpaired) electrons. The smallest absolute Gasteiger partial charge is 0.245 e. The lowest BCUT2D eigenvalue weighted by molar-refractivity contribution is -0.127. The maximum atomic E-state index is 11.4. The third-order valence-corrected chi connectivity index (χ3v) is 3.19. The second kappa shape index (κ2) is 5.67. The first-order valence-electron chi connectivity index (χ1n) is 6.19. The molecule has 2 heterocycles. The zero-order valence-electron chi connectivity index (χ0n) is 10.6. The molecular weight excluding hydrogens is 228 g/mol. The summed E-state index contributed by atoms with van der Waals surface area (Å²) < 4.78 is 5.94. The maximum Gasteiger partial charge on any atom is 0.245 e. The van der Waals surface area contributed by atoms with Crippen molar-refractivity contribution in [2.75, 3.05) is 13.1 Å². The molecule has 1 amide bonds. The van der Waals surface area contributed by atoms with Gasteiger partial charge in [0, 0.05) is 43.9 Å². The highest BCUT2D eigenvalue weighted by molar-refractivity contribution is 5.87. The Balaban J connectivity index is 1.89. The Morgan fingerprint density at radius 1 is 1.56 bits per heavy atom. The highest BCUT2D eigenvalue weighted by atomic mass is 16.5. The van der Waals surface area contributed by atoms with Crippen molar-refractivity contribution in [2.24, 2.45) is 0 Å². The van der Waals surface area contributed by atoms with Crippen LogP contribution in [0.5, 0.6) is 5.75 Å². The van der Waals surface area contributed by atoms with E-state index >= 15 is 0 Å². The molecule has 0 bridgehead atoms. The highest BCUT2D eigenvalue weighted by Crippen LogP contribution is 2.21. The largest absolute Gasteiger partial charge is 0.490 e. The highest BCUT2D eigenvalue weighted by Gasteiger charge is 2.22. The van der Waals surface area contributed by atoms with Crippen LogP contribution in [0.3, 0.4) is 0 Å². The number of hydrogen-bond donors (Lipinski definition) is 0. The molecule has 96 valence electrons. The van der Waals surface area contributed by atoms with E-state index in [0.29, 0.717) is 0 Å². The van der Waals surface area contributed by atoms with Gasteiger partial charge in [-0.05, 0) is 19.1 Å². The number of nitrogens with zero attached hydrogens (tertiary/aromatic N) is 2. The Bertz CT molecular complexity index is 437. The van der Waals surface area contributed by atoms with Crippen molar-refractivity contribution in [1.82, 2.24) is 9.88 Å². The molecule has 0 aliphatic carbocycles. The molecule has 4 nitrogen and oxygen atoms in total. The zero-order valence-corrected chi connectivity index (χ0v) is 10.6. The van der Waals surface area contributed by atoms with Crippen LogP contribution in [0.25, 0.3) is 0 Å². The second-order valence-corrected chi connectivity index (χ2v) is 4.49. The van der Waals surface area contributed by atoms with E-state index in [9.17, 15) is 4.79 Å². The summed E-state index contributed by atoms with van der Waals surface area (Å²) in [5.74, 6) is 0.895. The standard InChI is InChI=1S/C14H18N2O2/c1-3-14(17)16-8-5-12(6-9-16)18-13-4-7-15-10-11(13)2/h3-4,7,10,12H,1,5-6,8-9H2,2H3. The molecular formula is C14H18N2O2. The summed E-state index contributed by atoms with van der Waals surface area (Å²) >= 11 is 0. The molecule has 0 unspecified atom stereocenters.